The van der Waals surface area contributed by atoms with Crippen LogP contribution in [0.3, 0.4) is 0 Å². The molecule has 4 unspecified atom stereocenters. The number of carbonyl (C=O) groups is 2. The van der Waals surface area contributed by atoms with Crippen molar-refractivity contribution in [1.82, 2.24) is 0 Å². The molecule has 5 fully saturated rings. The fraction of sp³-hybridized carbons (Fsp3) is 0.805. The molecule has 1 spiro atoms. The van der Waals surface area contributed by atoms with Gasteiger partial charge in [-0.15, -0.1) is 0 Å². The van der Waals surface area contributed by atoms with Crippen molar-refractivity contribution in [3.63, 3.8) is 0 Å². The van der Waals surface area contributed by atoms with Gasteiger partial charge in [-0.2, -0.15) is 0 Å². The Morgan fingerprint density at radius 3 is 2.30 bits per heavy atom. The van der Waals surface area contributed by atoms with Gasteiger partial charge in [0.25, 0.3) is 0 Å². The Bertz CT molecular complexity index is 1180. The number of hydrogen-bond donors (Lipinski definition) is 0. The van der Waals surface area contributed by atoms with Crippen molar-refractivity contribution in [2.45, 2.75) is 137 Å². The third-order valence-corrected chi connectivity index (χ3v) is 13.8. The molecule has 1 aromatic rings. The summed E-state index contributed by atoms with van der Waals surface area (Å²) >= 11 is 0. The Balaban J connectivity index is 0.00000213. The molecular formula is C41H64O6. The van der Waals surface area contributed by atoms with Gasteiger partial charge in [-0.05, 0) is 111 Å². The zero-order valence-corrected chi connectivity index (χ0v) is 30.6. The molecular weight excluding hydrogens is 588 g/mol. The summed E-state index contributed by atoms with van der Waals surface area (Å²) in [6.07, 6.45) is 12.8. The van der Waals surface area contributed by atoms with Crippen molar-refractivity contribution in [3.05, 3.63) is 35.9 Å². The topological polar surface area (TPSA) is 71.1 Å². The summed E-state index contributed by atoms with van der Waals surface area (Å²) in [4.78, 5) is 26.0. The molecule has 0 bridgehead atoms. The summed E-state index contributed by atoms with van der Waals surface area (Å²) in [5.74, 6) is 2.57. The summed E-state index contributed by atoms with van der Waals surface area (Å²) in [6.45, 7) is 17.4. The van der Waals surface area contributed by atoms with Crippen molar-refractivity contribution >= 4 is 11.9 Å². The number of esters is 2. The van der Waals surface area contributed by atoms with E-state index in [1.165, 1.54) is 25.7 Å². The van der Waals surface area contributed by atoms with E-state index in [1.807, 2.05) is 51.1 Å². The first-order chi connectivity index (χ1) is 22.6. The SMILES string of the molecule is CC.CCOC(=O)C(CC)CCC[C@@H](C)[C@H]1CCC2C3C(CC[C@@]21C)[C@@]1(C)CCC2(C[C@@H]1C[C@H]3OC(=O)c1ccccc1)OCCO2. The lowest BCUT2D eigenvalue weighted by Crippen LogP contribution is -2.60. The number of carbonyl (C=O) groups excluding carboxylic acids is 2. The lowest BCUT2D eigenvalue weighted by atomic mass is 9.43. The fourth-order valence-corrected chi connectivity index (χ4v) is 11.4. The quantitative estimate of drug-likeness (QED) is 0.235. The van der Waals surface area contributed by atoms with E-state index in [-0.39, 0.29) is 34.8 Å². The fourth-order valence-electron chi connectivity index (χ4n) is 11.4. The number of hydrogen-bond acceptors (Lipinski definition) is 6. The highest BCUT2D eigenvalue weighted by Gasteiger charge is 2.65. The van der Waals surface area contributed by atoms with Crippen LogP contribution in [0.15, 0.2) is 30.3 Å². The van der Waals surface area contributed by atoms with Crippen LogP contribution in [0.4, 0.5) is 0 Å². The first-order valence-electron chi connectivity index (χ1n) is 19.3. The van der Waals surface area contributed by atoms with Crippen LogP contribution in [0.1, 0.15) is 136 Å². The van der Waals surface area contributed by atoms with E-state index in [0.717, 1.165) is 51.4 Å². The molecule has 0 aromatic heterocycles. The Morgan fingerprint density at radius 2 is 1.62 bits per heavy atom. The monoisotopic (exact) mass is 652 g/mol. The Kier molecular flexibility index (Phi) is 11.9. The van der Waals surface area contributed by atoms with Gasteiger partial charge in [0, 0.05) is 18.8 Å². The minimum atomic E-state index is -0.438. The molecule has 4 aliphatic carbocycles. The highest BCUT2D eigenvalue weighted by atomic mass is 16.7. The van der Waals surface area contributed by atoms with E-state index < -0.39 is 5.79 Å². The van der Waals surface area contributed by atoms with Crippen molar-refractivity contribution < 1.29 is 28.5 Å². The zero-order valence-electron chi connectivity index (χ0n) is 30.6. The minimum Gasteiger partial charge on any atom is -0.466 e. The van der Waals surface area contributed by atoms with Gasteiger partial charge in [0.05, 0.1) is 31.3 Å². The van der Waals surface area contributed by atoms with E-state index in [9.17, 15) is 9.59 Å². The number of ether oxygens (including phenoxy) is 4. The zero-order chi connectivity index (χ0) is 33.8. The van der Waals surface area contributed by atoms with Crippen LogP contribution in [0.25, 0.3) is 0 Å². The van der Waals surface area contributed by atoms with Gasteiger partial charge < -0.3 is 18.9 Å². The predicted molar refractivity (Wildman–Crippen MR) is 186 cm³/mol. The van der Waals surface area contributed by atoms with E-state index in [0.29, 0.717) is 60.9 Å². The van der Waals surface area contributed by atoms with Crippen LogP contribution in [0.2, 0.25) is 0 Å². The summed E-state index contributed by atoms with van der Waals surface area (Å²) in [5, 5.41) is 0. The standard InChI is InChI=1S/C39H58O6.C2H6/c1-6-27(35(40)42-7-2)15-11-12-26(3)30-16-17-31-34-32(18-19-38(30,31)5)37(4)20-21-39(43-22-23-44-39)25-29(37)24-33(34)45-36(41)28-13-9-8-10-14-28;1-2/h8-10,13-14,26-27,29-34H,6-7,11-12,15-25H2,1-5H3;1-2H3/t26-,27?,29+,30-,31?,32?,33-,34?,37+,38-;/m1./s1. The highest BCUT2D eigenvalue weighted by Crippen LogP contribution is 2.69. The molecule has 1 saturated heterocycles. The highest BCUT2D eigenvalue weighted by molar-refractivity contribution is 5.89. The molecule has 10 atom stereocenters. The Hall–Kier alpha value is -1.92. The Labute approximate surface area is 285 Å². The van der Waals surface area contributed by atoms with Crippen LogP contribution in [-0.2, 0) is 23.7 Å². The second-order valence-corrected chi connectivity index (χ2v) is 15.8. The van der Waals surface area contributed by atoms with Crippen molar-refractivity contribution in [2.24, 2.45) is 52.3 Å². The number of fused-ring (bicyclic) bond motifs is 5. The maximum atomic E-state index is 13.6. The number of rotatable bonds is 10. The van der Waals surface area contributed by atoms with Gasteiger partial charge in [0.1, 0.15) is 6.10 Å². The average Bonchev–Trinajstić information content (AvgIpc) is 3.69. The first-order valence-corrected chi connectivity index (χ1v) is 19.3. The minimum absolute atomic E-state index is 0.0187. The lowest BCUT2D eigenvalue weighted by molar-refractivity contribution is -0.242. The van der Waals surface area contributed by atoms with Crippen molar-refractivity contribution in [3.8, 4) is 0 Å². The van der Waals surface area contributed by atoms with Gasteiger partial charge in [-0.3, -0.25) is 4.79 Å². The third kappa shape index (κ3) is 7.07. The van der Waals surface area contributed by atoms with E-state index in [2.05, 4.69) is 27.7 Å². The molecule has 4 saturated carbocycles. The molecule has 47 heavy (non-hydrogen) atoms. The predicted octanol–water partition coefficient (Wildman–Crippen LogP) is 9.65. The summed E-state index contributed by atoms with van der Waals surface area (Å²) < 4.78 is 24.5. The third-order valence-electron chi connectivity index (χ3n) is 13.8. The molecule has 1 aromatic carbocycles. The molecule has 1 heterocycles. The molecule has 0 radical (unpaired) electrons. The van der Waals surface area contributed by atoms with Crippen LogP contribution in [0, 0.1) is 52.3 Å². The lowest BCUT2D eigenvalue weighted by Gasteiger charge is -2.63. The van der Waals surface area contributed by atoms with Crippen LogP contribution in [-0.4, -0.2) is 43.7 Å². The largest absolute Gasteiger partial charge is 0.466 e. The second kappa shape index (κ2) is 15.3. The molecule has 0 amide bonds. The maximum Gasteiger partial charge on any atom is 0.338 e. The van der Waals surface area contributed by atoms with Gasteiger partial charge in [-0.1, -0.05) is 72.6 Å². The van der Waals surface area contributed by atoms with E-state index in [4.69, 9.17) is 18.9 Å². The normalized spacial score (nSPS) is 36.6. The molecule has 5 aliphatic rings. The Morgan fingerprint density at radius 1 is 0.915 bits per heavy atom. The molecule has 1 aliphatic heterocycles. The van der Waals surface area contributed by atoms with Crippen molar-refractivity contribution in [2.75, 3.05) is 19.8 Å². The number of benzene rings is 1. The van der Waals surface area contributed by atoms with Gasteiger partial charge in [0.15, 0.2) is 5.79 Å². The molecule has 264 valence electrons. The molecule has 6 nitrogen and oxygen atoms in total. The average molecular weight is 653 g/mol. The molecule has 6 heteroatoms. The molecule has 6 rings (SSSR count). The maximum absolute atomic E-state index is 13.6. The van der Waals surface area contributed by atoms with Gasteiger partial charge >= 0.3 is 11.9 Å². The van der Waals surface area contributed by atoms with Gasteiger partial charge in [-0.25, -0.2) is 4.79 Å². The van der Waals surface area contributed by atoms with Crippen LogP contribution in [0.5, 0.6) is 0 Å². The summed E-state index contributed by atoms with van der Waals surface area (Å²) in [6, 6.07) is 9.56. The van der Waals surface area contributed by atoms with Crippen LogP contribution < -0.4 is 0 Å². The smallest absolute Gasteiger partial charge is 0.338 e. The van der Waals surface area contributed by atoms with E-state index >= 15 is 0 Å². The van der Waals surface area contributed by atoms with Crippen LogP contribution >= 0.6 is 0 Å². The second-order valence-electron chi connectivity index (χ2n) is 15.8. The van der Waals surface area contributed by atoms with E-state index in [1.54, 1.807) is 0 Å². The van der Waals surface area contributed by atoms with Crippen molar-refractivity contribution in [1.29, 1.82) is 0 Å². The summed E-state index contributed by atoms with van der Waals surface area (Å²) in [5.41, 5.74) is 1.11. The molecule has 0 N–H and O–H groups in total. The first kappa shape index (κ1) is 36.4. The summed E-state index contributed by atoms with van der Waals surface area (Å²) in [7, 11) is 0. The van der Waals surface area contributed by atoms with Gasteiger partial charge in [0.2, 0.25) is 0 Å².